The van der Waals surface area contributed by atoms with E-state index >= 15 is 0 Å². The maximum Gasteiger partial charge on any atom is 0.308 e. The van der Waals surface area contributed by atoms with Gasteiger partial charge in [0.05, 0.1) is 5.71 Å². The molecule has 2 fully saturated rings. The van der Waals surface area contributed by atoms with Crippen LogP contribution >= 0.6 is 0 Å². The van der Waals surface area contributed by atoms with Gasteiger partial charge in [-0.05, 0) is 67.6 Å². The second kappa shape index (κ2) is 7.47. The second-order valence-corrected chi connectivity index (χ2v) is 8.86. The molecule has 3 aliphatic rings. The Labute approximate surface area is 171 Å². The van der Waals surface area contributed by atoms with Gasteiger partial charge < -0.3 is 14.3 Å². The van der Waals surface area contributed by atoms with Crippen LogP contribution in [0.2, 0.25) is 0 Å². The zero-order valence-corrected chi connectivity index (χ0v) is 17.6. The Bertz CT molecular complexity index is 863. The number of hydrogen-bond acceptors (Lipinski definition) is 6. The van der Waals surface area contributed by atoms with Crippen molar-refractivity contribution in [3.63, 3.8) is 0 Å². The molecular weight excluding hydrogens is 370 g/mol. The molecule has 0 bridgehead atoms. The number of esters is 2. The summed E-state index contributed by atoms with van der Waals surface area (Å²) in [5, 5.41) is 4.33. The molecule has 29 heavy (non-hydrogen) atoms. The van der Waals surface area contributed by atoms with Crippen molar-refractivity contribution >= 4 is 17.7 Å². The lowest BCUT2D eigenvalue weighted by Gasteiger charge is -2.50. The first kappa shape index (κ1) is 19.9. The lowest BCUT2D eigenvalue weighted by Crippen LogP contribution is -2.46. The standard InChI is InChI=1S/C23H29NO5/c1-13(25)28-15-5-6-16-17-9-10-23(3)20(7-8-22(23)29-14(2)26)18(17)12-21(24-27-4)19(16)11-15/h5-6,11,17-18,20,22H,7-10,12H2,1-4H3/b24-21-/t17-,18-,20+,22+,23+/m1/s1. The van der Waals surface area contributed by atoms with Gasteiger partial charge in [0.2, 0.25) is 0 Å². The number of carbonyl (C=O) groups is 2. The SMILES string of the molecule is CO/N=C1/C[C@@H]2[C@H](CC[C@]3(C)[C@@H](OC(C)=O)CC[C@@H]23)c2ccc(OC(C)=O)cc21. The summed E-state index contributed by atoms with van der Waals surface area (Å²) in [7, 11) is 1.56. The predicted molar refractivity (Wildman–Crippen MR) is 108 cm³/mol. The summed E-state index contributed by atoms with van der Waals surface area (Å²) in [5.41, 5.74) is 3.19. The third kappa shape index (κ3) is 3.43. The molecule has 5 atom stereocenters. The van der Waals surface area contributed by atoms with Crippen molar-refractivity contribution in [2.24, 2.45) is 22.4 Å². The fourth-order valence-corrected chi connectivity index (χ4v) is 6.17. The average molecular weight is 399 g/mol. The van der Waals surface area contributed by atoms with E-state index in [4.69, 9.17) is 14.3 Å². The first-order valence-electron chi connectivity index (χ1n) is 10.4. The van der Waals surface area contributed by atoms with E-state index in [9.17, 15) is 9.59 Å². The van der Waals surface area contributed by atoms with Crippen molar-refractivity contribution in [1.82, 2.24) is 0 Å². The number of nitrogens with zero attached hydrogens (tertiary/aromatic N) is 1. The molecule has 0 heterocycles. The molecule has 0 spiro atoms. The Hall–Kier alpha value is -2.37. The summed E-state index contributed by atoms with van der Waals surface area (Å²) in [6, 6.07) is 5.86. The summed E-state index contributed by atoms with van der Waals surface area (Å²) in [5.74, 6) is 1.37. The molecule has 1 aromatic carbocycles. The lowest BCUT2D eigenvalue weighted by atomic mass is 9.55. The molecule has 0 saturated heterocycles. The van der Waals surface area contributed by atoms with Crippen LogP contribution in [0.25, 0.3) is 0 Å². The maximum absolute atomic E-state index is 11.6. The van der Waals surface area contributed by atoms with Gasteiger partial charge in [0.1, 0.15) is 19.0 Å². The molecule has 6 heteroatoms. The van der Waals surface area contributed by atoms with Crippen LogP contribution in [-0.2, 0) is 19.2 Å². The molecule has 0 radical (unpaired) electrons. The second-order valence-electron chi connectivity index (χ2n) is 8.86. The van der Waals surface area contributed by atoms with E-state index in [2.05, 4.69) is 18.1 Å². The van der Waals surface area contributed by atoms with E-state index in [0.717, 1.165) is 43.4 Å². The molecule has 0 amide bonds. The summed E-state index contributed by atoms with van der Waals surface area (Å²) in [6.45, 7) is 5.20. The van der Waals surface area contributed by atoms with Crippen LogP contribution in [-0.4, -0.2) is 30.9 Å². The van der Waals surface area contributed by atoms with Gasteiger partial charge in [0.15, 0.2) is 0 Å². The number of rotatable bonds is 3. The largest absolute Gasteiger partial charge is 0.462 e. The van der Waals surface area contributed by atoms with E-state index in [1.165, 1.54) is 19.4 Å². The molecule has 4 rings (SSSR count). The van der Waals surface area contributed by atoms with Gasteiger partial charge in [0, 0.05) is 24.8 Å². The molecule has 3 aliphatic carbocycles. The number of fused-ring (bicyclic) bond motifs is 5. The van der Waals surface area contributed by atoms with E-state index in [0.29, 0.717) is 23.5 Å². The lowest BCUT2D eigenvalue weighted by molar-refractivity contribution is -0.154. The minimum absolute atomic E-state index is 0.00139. The quantitative estimate of drug-likeness (QED) is 0.432. The Morgan fingerprint density at radius 2 is 1.93 bits per heavy atom. The van der Waals surface area contributed by atoms with Crippen LogP contribution in [0, 0.1) is 17.3 Å². The fraction of sp³-hybridized carbons (Fsp3) is 0.609. The van der Waals surface area contributed by atoms with E-state index in [1.807, 2.05) is 12.1 Å². The number of hydrogen-bond donors (Lipinski definition) is 0. The van der Waals surface area contributed by atoms with Crippen LogP contribution in [0.5, 0.6) is 5.75 Å². The molecule has 0 N–H and O–H groups in total. The van der Waals surface area contributed by atoms with Crippen molar-refractivity contribution in [3.8, 4) is 5.75 Å². The molecular formula is C23H29NO5. The van der Waals surface area contributed by atoms with Crippen molar-refractivity contribution in [2.45, 2.75) is 64.9 Å². The van der Waals surface area contributed by atoms with Gasteiger partial charge in [-0.15, -0.1) is 0 Å². The fourth-order valence-electron chi connectivity index (χ4n) is 6.17. The van der Waals surface area contributed by atoms with Crippen molar-refractivity contribution in [1.29, 1.82) is 0 Å². The molecule has 0 unspecified atom stereocenters. The van der Waals surface area contributed by atoms with Crippen LogP contribution in [0.4, 0.5) is 0 Å². The van der Waals surface area contributed by atoms with Gasteiger partial charge in [-0.25, -0.2) is 0 Å². The molecule has 0 aliphatic heterocycles. The minimum Gasteiger partial charge on any atom is -0.462 e. The Balaban J connectivity index is 1.69. The highest BCUT2D eigenvalue weighted by molar-refractivity contribution is 6.03. The zero-order valence-electron chi connectivity index (χ0n) is 17.6. The summed E-state index contributed by atoms with van der Waals surface area (Å²) in [4.78, 5) is 28.1. The highest BCUT2D eigenvalue weighted by atomic mass is 16.6. The monoisotopic (exact) mass is 399 g/mol. The first-order chi connectivity index (χ1) is 13.8. The Morgan fingerprint density at radius 1 is 1.14 bits per heavy atom. The Kier molecular flexibility index (Phi) is 5.13. The van der Waals surface area contributed by atoms with Crippen LogP contribution < -0.4 is 4.74 Å². The van der Waals surface area contributed by atoms with Gasteiger partial charge in [-0.1, -0.05) is 18.1 Å². The molecule has 6 nitrogen and oxygen atoms in total. The maximum atomic E-state index is 11.6. The van der Waals surface area contributed by atoms with Gasteiger partial charge in [-0.2, -0.15) is 0 Å². The highest BCUT2D eigenvalue weighted by Crippen LogP contribution is 2.61. The third-order valence-corrected chi connectivity index (χ3v) is 7.29. The summed E-state index contributed by atoms with van der Waals surface area (Å²) < 4.78 is 11.0. The normalized spacial score (nSPS) is 34.0. The van der Waals surface area contributed by atoms with Crippen molar-refractivity contribution < 1.29 is 23.9 Å². The number of ether oxygens (including phenoxy) is 2. The van der Waals surface area contributed by atoms with E-state index in [-0.39, 0.29) is 23.5 Å². The number of oxime groups is 1. The summed E-state index contributed by atoms with van der Waals surface area (Å²) >= 11 is 0. The molecule has 156 valence electrons. The minimum atomic E-state index is -0.334. The zero-order chi connectivity index (χ0) is 20.8. The molecule has 0 aromatic heterocycles. The third-order valence-electron chi connectivity index (χ3n) is 7.29. The van der Waals surface area contributed by atoms with Gasteiger partial charge in [0.25, 0.3) is 0 Å². The summed E-state index contributed by atoms with van der Waals surface area (Å²) in [6.07, 6.45) is 4.91. The first-order valence-corrected chi connectivity index (χ1v) is 10.4. The Morgan fingerprint density at radius 3 is 2.62 bits per heavy atom. The topological polar surface area (TPSA) is 74.2 Å². The average Bonchev–Trinajstić information content (AvgIpc) is 2.98. The number of benzene rings is 1. The van der Waals surface area contributed by atoms with E-state index in [1.54, 1.807) is 7.11 Å². The smallest absolute Gasteiger partial charge is 0.308 e. The van der Waals surface area contributed by atoms with Gasteiger partial charge >= 0.3 is 11.9 Å². The van der Waals surface area contributed by atoms with Crippen molar-refractivity contribution in [2.75, 3.05) is 7.11 Å². The van der Waals surface area contributed by atoms with Crippen molar-refractivity contribution in [3.05, 3.63) is 29.3 Å². The van der Waals surface area contributed by atoms with Crippen LogP contribution in [0.3, 0.4) is 0 Å². The van der Waals surface area contributed by atoms with E-state index < -0.39 is 0 Å². The number of carbonyl (C=O) groups excluding carboxylic acids is 2. The predicted octanol–water partition coefficient (Wildman–Crippen LogP) is 4.21. The van der Waals surface area contributed by atoms with Gasteiger partial charge in [-0.3, -0.25) is 9.59 Å². The highest BCUT2D eigenvalue weighted by Gasteiger charge is 2.56. The van der Waals surface area contributed by atoms with Crippen LogP contribution in [0.15, 0.2) is 23.4 Å². The molecule has 1 aromatic rings. The molecule has 2 saturated carbocycles. The van der Waals surface area contributed by atoms with Crippen LogP contribution in [0.1, 0.15) is 69.9 Å².